The second kappa shape index (κ2) is 5.10. The second-order valence-corrected chi connectivity index (χ2v) is 7.29. The van der Waals surface area contributed by atoms with Crippen molar-refractivity contribution in [3.05, 3.63) is 12.2 Å². The van der Waals surface area contributed by atoms with E-state index in [-0.39, 0.29) is 22.7 Å². The summed E-state index contributed by atoms with van der Waals surface area (Å²) in [5.41, 5.74) is -0.748. The van der Waals surface area contributed by atoms with E-state index < -0.39 is 5.60 Å². The van der Waals surface area contributed by atoms with Crippen LogP contribution in [0.1, 0.15) is 54.4 Å². The lowest BCUT2D eigenvalue weighted by molar-refractivity contribution is -0.148. The number of carbonyl (C=O) groups is 2. The molecular formula is C16H26O3. The third-order valence-corrected chi connectivity index (χ3v) is 4.53. The van der Waals surface area contributed by atoms with E-state index in [0.717, 1.165) is 19.1 Å². The summed E-state index contributed by atoms with van der Waals surface area (Å²) in [5.74, 6) is -0.264. The summed E-state index contributed by atoms with van der Waals surface area (Å²) in [5, 5.41) is 0. The van der Waals surface area contributed by atoms with Gasteiger partial charge in [-0.1, -0.05) is 26.8 Å². The lowest BCUT2D eigenvalue weighted by Gasteiger charge is -2.38. The van der Waals surface area contributed by atoms with Crippen LogP contribution in [-0.4, -0.2) is 17.9 Å². The molecule has 1 saturated carbocycles. The van der Waals surface area contributed by atoms with Crippen LogP contribution in [0.2, 0.25) is 0 Å². The zero-order chi connectivity index (χ0) is 14.9. The largest absolute Gasteiger partial charge is 0.457 e. The number of ether oxygens (including phenoxy) is 1. The van der Waals surface area contributed by atoms with Crippen LogP contribution in [0, 0.1) is 16.7 Å². The average molecular weight is 266 g/mol. The molecule has 0 aliphatic heterocycles. The van der Waals surface area contributed by atoms with Gasteiger partial charge in [0.15, 0.2) is 0 Å². The molecule has 1 rings (SSSR count). The number of carbonyl (C=O) groups excluding carboxylic acids is 2. The number of hydrogen-bond acceptors (Lipinski definition) is 3. The third-order valence-electron chi connectivity index (χ3n) is 4.53. The first-order chi connectivity index (χ1) is 8.52. The van der Waals surface area contributed by atoms with Crippen LogP contribution in [0.5, 0.6) is 0 Å². The first kappa shape index (κ1) is 15.9. The summed E-state index contributed by atoms with van der Waals surface area (Å²) >= 11 is 0. The molecule has 3 heteroatoms. The van der Waals surface area contributed by atoms with E-state index in [1.807, 2.05) is 26.8 Å². The van der Waals surface area contributed by atoms with Crippen LogP contribution in [0.25, 0.3) is 0 Å². The van der Waals surface area contributed by atoms with Crippen LogP contribution >= 0.6 is 0 Å². The average Bonchev–Trinajstić information content (AvgIpc) is 2.46. The topological polar surface area (TPSA) is 43.4 Å². The van der Waals surface area contributed by atoms with E-state index in [9.17, 15) is 9.59 Å². The minimum absolute atomic E-state index is 0.0563. The van der Waals surface area contributed by atoms with Gasteiger partial charge in [0.2, 0.25) is 0 Å². The van der Waals surface area contributed by atoms with Crippen molar-refractivity contribution in [1.29, 1.82) is 0 Å². The van der Waals surface area contributed by atoms with E-state index in [1.54, 1.807) is 0 Å². The Morgan fingerprint density at radius 3 is 2.26 bits per heavy atom. The van der Waals surface area contributed by atoms with Gasteiger partial charge < -0.3 is 9.53 Å². The number of esters is 1. The first-order valence-electron chi connectivity index (χ1n) is 6.89. The van der Waals surface area contributed by atoms with Gasteiger partial charge in [0, 0.05) is 12.0 Å². The van der Waals surface area contributed by atoms with E-state index >= 15 is 0 Å². The van der Waals surface area contributed by atoms with Gasteiger partial charge in [-0.15, -0.1) is 0 Å². The van der Waals surface area contributed by atoms with Gasteiger partial charge in [0.25, 0.3) is 0 Å². The zero-order valence-corrected chi connectivity index (χ0v) is 12.9. The Morgan fingerprint density at radius 2 is 1.84 bits per heavy atom. The lowest BCUT2D eigenvalue weighted by Crippen LogP contribution is -2.33. The molecule has 0 unspecified atom stereocenters. The smallest absolute Gasteiger partial charge is 0.330 e. The van der Waals surface area contributed by atoms with Gasteiger partial charge in [-0.2, -0.15) is 0 Å². The summed E-state index contributed by atoms with van der Waals surface area (Å²) in [7, 11) is 0. The molecule has 1 aliphatic rings. The van der Waals surface area contributed by atoms with Crippen molar-refractivity contribution in [2.75, 3.05) is 0 Å². The maximum absolute atomic E-state index is 11.7. The predicted molar refractivity (Wildman–Crippen MR) is 75.7 cm³/mol. The second-order valence-electron chi connectivity index (χ2n) is 7.29. The monoisotopic (exact) mass is 266 g/mol. The fourth-order valence-corrected chi connectivity index (χ4v) is 2.69. The lowest BCUT2D eigenvalue weighted by atomic mass is 9.66. The Balaban J connectivity index is 2.81. The Labute approximate surface area is 116 Å². The van der Waals surface area contributed by atoms with Gasteiger partial charge >= 0.3 is 5.97 Å². The van der Waals surface area contributed by atoms with Crippen LogP contribution in [0.4, 0.5) is 0 Å². The number of rotatable bonds is 3. The van der Waals surface area contributed by atoms with Crippen molar-refractivity contribution < 1.29 is 14.3 Å². The molecule has 0 saturated heterocycles. The van der Waals surface area contributed by atoms with Crippen molar-refractivity contribution in [2.24, 2.45) is 16.7 Å². The SMILES string of the molecule is CC(C)(C)OC(=O)/C=C/[C@]1(C)CC[C@H](C=O)C1(C)C. The number of allylic oxidation sites excluding steroid dienone is 1. The van der Waals surface area contributed by atoms with Crippen molar-refractivity contribution >= 4 is 12.3 Å². The normalized spacial score (nSPS) is 30.5. The summed E-state index contributed by atoms with van der Waals surface area (Å²) in [6, 6.07) is 0. The minimum Gasteiger partial charge on any atom is -0.457 e. The van der Waals surface area contributed by atoms with Crippen molar-refractivity contribution in [3.63, 3.8) is 0 Å². The fraction of sp³-hybridized carbons (Fsp3) is 0.750. The number of aldehydes is 1. The molecule has 0 spiro atoms. The molecular weight excluding hydrogens is 240 g/mol. The molecule has 108 valence electrons. The Kier molecular flexibility index (Phi) is 4.28. The summed E-state index contributed by atoms with van der Waals surface area (Å²) in [6.07, 6.45) is 6.28. The highest BCUT2D eigenvalue weighted by atomic mass is 16.6. The van der Waals surface area contributed by atoms with Gasteiger partial charge in [-0.05, 0) is 44.4 Å². The molecule has 1 fully saturated rings. The third kappa shape index (κ3) is 3.46. The summed E-state index contributed by atoms with van der Waals surface area (Å²) in [4.78, 5) is 22.9. The Morgan fingerprint density at radius 1 is 1.26 bits per heavy atom. The first-order valence-corrected chi connectivity index (χ1v) is 6.89. The Hall–Kier alpha value is -1.12. The van der Waals surface area contributed by atoms with E-state index in [1.165, 1.54) is 6.08 Å². The van der Waals surface area contributed by atoms with E-state index in [2.05, 4.69) is 20.8 Å². The van der Waals surface area contributed by atoms with Crippen molar-refractivity contribution in [1.82, 2.24) is 0 Å². The minimum atomic E-state index is -0.473. The van der Waals surface area contributed by atoms with Gasteiger partial charge in [0.05, 0.1) is 0 Å². The maximum Gasteiger partial charge on any atom is 0.330 e. The van der Waals surface area contributed by atoms with Crippen LogP contribution in [0.3, 0.4) is 0 Å². The molecule has 19 heavy (non-hydrogen) atoms. The highest BCUT2D eigenvalue weighted by molar-refractivity contribution is 5.82. The standard InChI is InChI=1S/C16H26O3/c1-14(2,3)19-13(18)8-10-16(6)9-7-12(11-17)15(16,4)5/h8,10-12H,7,9H2,1-6H3/b10-8+/t12-,16+/m1/s1. The highest BCUT2D eigenvalue weighted by Gasteiger charge is 2.49. The maximum atomic E-state index is 11.7. The number of hydrogen-bond donors (Lipinski definition) is 0. The van der Waals surface area contributed by atoms with Crippen LogP contribution < -0.4 is 0 Å². The molecule has 0 bridgehead atoms. The van der Waals surface area contributed by atoms with E-state index in [0.29, 0.717) is 0 Å². The summed E-state index contributed by atoms with van der Waals surface area (Å²) in [6.45, 7) is 11.8. The predicted octanol–water partition coefficient (Wildman–Crippen LogP) is 3.53. The van der Waals surface area contributed by atoms with Crippen LogP contribution in [0.15, 0.2) is 12.2 Å². The van der Waals surface area contributed by atoms with Gasteiger partial charge in [-0.25, -0.2) is 4.79 Å². The quantitative estimate of drug-likeness (QED) is 0.446. The molecule has 1 aliphatic carbocycles. The van der Waals surface area contributed by atoms with Gasteiger partial charge in [0.1, 0.15) is 11.9 Å². The summed E-state index contributed by atoms with van der Waals surface area (Å²) < 4.78 is 5.27. The molecule has 0 aromatic heterocycles. The van der Waals surface area contributed by atoms with E-state index in [4.69, 9.17) is 4.74 Å². The van der Waals surface area contributed by atoms with Crippen molar-refractivity contribution in [3.8, 4) is 0 Å². The highest BCUT2D eigenvalue weighted by Crippen LogP contribution is 2.55. The zero-order valence-electron chi connectivity index (χ0n) is 12.9. The molecule has 0 radical (unpaired) electrons. The molecule has 2 atom stereocenters. The molecule has 0 aromatic carbocycles. The molecule has 3 nitrogen and oxygen atoms in total. The fourth-order valence-electron chi connectivity index (χ4n) is 2.69. The molecule has 0 aromatic rings. The van der Waals surface area contributed by atoms with Crippen molar-refractivity contribution in [2.45, 2.75) is 60.0 Å². The molecule has 0 amide bonds. The molecule has 0 N–H and O–H groups in total. The Bertz CT molecular complexity index is 387. The van der Waals surface area contributed by atoms with Crippen LogP contribution in [-0.2, 0) is 14.3 Å². The molecule has 0 heterocycles. The van der Waals surface area contributed by atoms with Gasteiger partial charge in [-0.3, -0.25) is 0 Å².